The summed E-state index contributed by atoms with van der Waals surface area (Å²) in [5.41, 5.74) is -7.66. The molecule has 2 aliphatic carbocycles. The van der Waals surface area contributed by atoms with Crippen molar-refractivity contribution in [1.29, 1.82) is 0 Å². The number of halogens is 8. The molecule has 0 bridgehead atoms. The molecular weight excluding hydrogens is 534 g/mol. The Labute approximate surface area is 207 Å². The molecule has 0 aromatic heterocycles. The first-order valence-electron chi connectivity index (χ1n) is 11.2. The van der Waals surface area contributed by atoms with Crippen LogP contribution >= 0.6 is 0 Å². The zero-order chi connectivity index (χ0) is 27.6. The summed E-state index contributed by atoms with van der Waals surface area (Å²) in [5, 5.41) is 2.46. The van der Waals surface area contributed by atoms with Crippen LogP contribution < -0.4 is 5.32 Å². The van der Waals surface area contributed by atoms with Gasteiger partial charge in [-0.15, -0.1) is 0 Å². The molecule has 0 saturated heterocycles. The van der Waals surface area contributed by atoms with E-state index in [1.165, 1.54) is 7.05 Å². The number of benzene rings is 2. The first kappa shape index (κ1) is 27.3. The van der Waals surface area contributed by atoms with Gasteiger partial charge in [0.25, 0.3) is 0 Å². The van der Waals surface area contributed by atoms with E-state index in [4.69, 9.17) is 0 Å². The lowest BCUT2D eigenvalue weighted by atomic mass is 9.72. The van der Waals surface area contributed by atoms with Crippen molar-refractivity contribution in [3.63, 3.8) is 0 Å². The molecule has 2 aromatic rings. The van der Waals surface area contributed by atoms with Crippen LogP contribution in [0.1, 0.15) is 36.0 Å². The van der Waals surface area contributed by atoms with Crippen LogP contribution in [-0.4, -0.2) is 33.7 Å². The fourth-order valence-electron chi connectivity index (χ4n) is 5.88. The van der Waals surface area contributed by atoms with Gasteiger partial charge in [0, 0.05) is 18.5 Å². The molecule has 37 heavy (non-hydrogen) atoms. The van der Waals surface area contributed by atoms with Crippen molar-refractivity contribution >= 4 is 15.7 Å². The molecular formula is C24H21F8NO3S. The number of aryl methyl sites for hydroxylation is 1. The van der Waals surface area contributed by atoms with Crippen molar-refractivity contribution in [2.24, 2.45) is 11.8 Å². The molecule has 1 amide bonds. The Bertz CT molecular complexity index is 1310. The van der Waals surface area contributed by atoms with Crippen molar-refractivity contribution in [3.05, 3.63) is 65.0 Å². The van der Waals surface area contributed by atoms with Gasteiger partial charge >= 0.3 is 18.0 Å². The monoisotopic (exact) mass is 555 g/mol. The summed E-state index contributed by atoms with van der Waals surface area (Å²) >= 11 is 0. The third-order valence-electron chi connectivity index (χ3n) is 7.56. The number of carbonyl (C=O) groups is 1. The zero-order valence-electron chi connectivity index (χ0n) is 19.2. The summed E-state index contributed by atoms with van der Waals surface area (Å²) in [6.07, 6.45) is -13.0. The van der Waals surface area contributed by atoms with Crippen LogP contribution in [0, 0.1) is 17.7 Å². The number of hydrogen-bond acceptors (Lipinski definition) is 3. The summed E-state index contributed by atoms with van der Waals surface area (Å²) in [6, 6.07) is 5.33. The second-order valence-electron chi connectivity index (χ2n) is 9.28. The molecule has 1 fully saturated rings. The number of sulfone groups is 1. The van der Waals surface area contributed by atoms with E-state index in [1.54, 1.807) is 0 Å². The highest BCUT2D eigenvalue weighted by atomic mass is 32.2. The van der Waals surface area contributed by atoms with Gasteiger partial charge in [-0.05, 0) is 67.0 Å². The van der Waals surface area contributed by atoms with Crippen LogP contribution in [0.2, 0.25) is 0 Å². The van der Waals surface area contributed by atoms with Gasteiger partial charge in [-0.3, -0.25) is 4.79 Å². The molecule has 13 heteroatoms. The fourth-order valence-corrected chi connectivity index (χ4v) is 8.35. The highest BCUT2D eigenvalue weighted by molar-refractivity contribution is 7.92. The zero-order valence-corrected chi connectivity index (χ0v) is 20.0. The van der Waals surface area contributed by atoms with Crippen LogP contribution in [0.3, 0.4) is 0 Å². The predicted molar refractivity (Wildman–Crippen MR) is 115 cm³/mol. The minimum absolute atomic E-state index is 0.0632. The fraction of sp³-hybridized carbons (Fsp3) is 0.458. The Hall–Kier alpha value is -2.70. The van der Waals surface area contributed by atoms with Crippen LogP contribution in [0.4, 0.5) is 35.1 Å². The van der Waals surface area contributed by atoms with E-state index in [0.717, 1.165) is 30.3 Å². The minimum Gasteiger partial charge on any atom is -0.359 e. The Morgan fingerprint density at radius 3 is 2.08 bits per heavy atom. The molecule has 0 unspecified atom stereocenters. The van der Waals surface area contributed by atoms with Crippen molar-refractivity contribution in [2.45, 2.75) is 53.3 Å². The molecule has 1 saturated carbocycles. The maximum Gasteiger partial charge on any atom is 0.435 e. The summed E-state index contributed by atoms with van der Waals surface area (Å²) < 4.78 is 135. The Kier molecular flexibility index (Phi) is 6.41. The average Bonchev–Trinajstić information content (AvgIpc) is 3.23. The number of amides is 1. The number of hydrogen-bond donors (Lipinski definition) is 1. The molecule has 0 radical (unpaired) electrons. The number of nitrogens with one attached hydrogen (secondary N) is 1. The van der Waals surface area contributed by atoms with Gasteiger partial charge in [0.2, 0.25) is 5.91 Å². The molecule has 0 aliphatic heterocycles. The number of rotatable bonds is 4. The van der Waals surface area contributed by atoms with E-state index in [2.05, 4.69) is 5.32 Å². The maximum absolute atomic E-state index is 14.8. The minimum atomic E-state index is -6.33. The quantitative estimate of drug-likeness (QED) is 0.400. The lowest BCUT2D eigenvalue weighted by Crippen LogP contribution is -2.51. The van der Waals surface area contributed by atoms with E-state index >= 15 is 0 Å². The second kappa shape index (κ2) is 8.67. The smallest absolute Gasteiger partial charge is 0.359 e. The second-order valence-corrected chi connectivity index (χ2v) is 11.5. The molecule has 0 spiro atoms. The van der Waals surface area contributed by atoms with E-state index < -0.39 is 61.7 Å². The Morgan fingerprint density at radius 2 is 1.54 bits per heavy atom. The lowest BCUT2D eigenvalue weighted by Gasteiger charge is -2.42. The molecule has 3 atom stereocenters. The van der Waals surface area contributed by atoms with Crippen molar-refractivity contribution < 1.29 is 48.3 Å². The highest BCUT2D eigenvalue weighted by Gasteiger charge is 2.73. The first-order valence-corrected chi connectivity index (χ1v) is 12.7. The molecule has 1 N–H and O–H groups in total. The van der Waals surface area contributed by atoms with Crippen LogP contribution in [0.15, 0.2) is 47.4 Å². The van der Waals surface area contributed by atoms with Gasteiger partial charge in [-0.2, -0.15) is 26.3 Å². The Morgan fingerprint density at radius 1 is 0.946 bits per heavy atom. The highest BCUT2D eigenvalue weighted by Crippen LogP contribution is 2.60. The van der Waals surface area contributed by atoms with Gasteiger partial charge < -0.3 is 5.32 Å². The first-order chi connectivity index (χ1) is 17.0. The van der Waals surface area contributed by atoms with Gasteiger partial charge in [0.15, 0.2) is 9.84 Å². The van der Waals surface area contributed by atoms with Gasteiger partial charge in [-0.1, -0.05) is 18.2 Å². The number of carbonyl (C=O) groups excluding carboxylic acids is 1. The van der Waals surface area contributed by atoms with E-state index in [9.17, 15) is 48.3 Å². The van der Waals surface area contributed by atoms with Gasteiger partial charge in [-0.25, -0.2) is 17.2 Å². The van der Waals surface area contributed by atoms with Gasteiger partial charge in [0.05, 0.1) is 4.90 Å². The van der Waals surface area contributed by atoms with E-state index in [0.29, 0.717) is 12.1 Å². The SMILES string of the molecule is CNC(=O)[C@@H]1CC[C@@]2(S(=O)(=O)c3ccc(F)cc3)c3ccc(C(F)(C(F)(F)F)C(F)(F)F)cc3CC[C@@H]12. The topological polar surface area (TPSA) is 63.2 Å². The molecule has 0 heterocycles. The molecule has 202 valence electrons. The Balaban J connectivity index is 1.96. The van der Waals surface area contributed by atoms with Crippen LogP contribution in [0.5, 0.6) is 0 Å². The molecule has 2 aliphatic rings. The summed E-state index contributed by atoms with van der Waals surface area (Å²) in [7, 11) is -3.10. The number of alkyl halides is 7. The third kappa shape index (κ3) is 3.83. The standard InChI is InChI=1S/C24H21F8NO3S/c1-33-20(34)17-10-11-21(37(35,36)16-6-4-15(25)5-7-16)18-9-3-14(12-13(18)2-8-19(17)21)22(26,23(27,28)29)24(30,31)32/h3-7,9,12,17,19H,2,8,10-11H2,1H3,(H,33,34)/t17-,19+,21-/m1/s1. The summed E-state index contributed by atoms with van der Waals surface area (Å²) in [6.45, 7) is 0. The normalized spacial score (nSPS) is 24.4. The van der Waals surface area contributed by atoms with Crippen LogP contribution in [-0.2, 0) is 31.5 Å². The lowest BCUT2D eigenvalue weighted by molar-refractivity contribution is -0.348. The van der Waals surface area contributed by atoms with Crippen molar-refractivity contribution in [3.8, 4) is 0 Å². The summed E-state index contributed by atoms with van der Waals surface area (Å²) in [5.74, 6) is -2.87. The van der Waals surface area contributed by atoms with E-state index in [1.807, 2.05) is 0 Å². The maximum atomic E-state index is 14.8. The van der Waals surface area contributed by atoms with Crippen LogP contribution in [0.25, 0.3) is 0 Å². The third-order valence-corrected chi connectivity index (χ3v) is 10.1. The van der Waals surface area contributed by atoms with Crippen molar-refractivity contribution in [1.82, 2.24) is 5.32 Å². The van der Waals surface area contributed by atoms with E-state index in [-0.39, 0.29) is 41.7 Å². The molecule has 4 rings (SSSR count). The predicted octanol–water partition coefficient (Wildman–Crippen LogP) is 5.50. The average molecular weight is 555 g/mol. The van der Waals surface area contributed by atoms with Gasteiger partial charge in [0.1, 0.15) is 10.6 Å². The molecule has 2 aromatic carbocycles. The summed E-state index contributed by atoms with van der Waals surface area (Å²) in [4.78, 5) is 12.3. The molecule has 4 nitrogen and oxygen atoms in total. The largest absolute Gasteiger partial charge is 0.435 e. The number of fused-ring (bicyclic) bond motifs is 3. The van der Waals surface area contributed by atoms with Crippen molar-refractivity contribution in [2.75, 3.05) is 7.05 Å².